The first-order valence-corrected chi connectivity index (χ1v) is 9.58. The second kappa shape index (κ2) is 6.59. The molecule has 0 saturated carbocycles. The highest BCUT2D eigenvalue weighted by molar-refractivity contribution is 7.18. The predicted molar refractivity (Wildman–Crippen MR) is 98.1 cm³/mol. The zero-order chi connectivity index (χ0) is 17.4. The average Bonchev–Trinajstić information content (AvgIpc) is 3.24. The summed E-state index contributed by atoms with van der Waals surface area (Å²) in [5.74, 6) is 1.27. The van der Waals surface area contributed by atoms with Crippen molar-refractivity contribution in [3.8, 4) is 0 Å². The quantitative estimate of drug-likeness (QED) is 0.707. The van der Waals surface area contributed by atoms with E-state index in [4.69, 9.17) is 9.40 Å². The van der Waals surface area contributed by atoms with Gasteiger partial charge in [0.15, 0.2) is 5.89 Å². The summed E-state index contributed by atoms with van der Waals surface area (Å²) >= 11 is 1.74. The van der Waals surface area contributed by atoms with E-state index in [0.717, 1.165) is 29.9 Å². The number of oxazole rings is 1. The van der Waals surface area contributed by atoms with Crippen molar-refractivity contribution >= 4 is 27.5 Å². The van der Waals surface area contributed by atoms with E-state index < -0.39 is 0 Å². The largest absolute Gasteiger partial charge is 0.435 e. The fourth-order valence-electron chi connectivity index (χ4n) is 3.37. The Morgan fingerprint density at radius 3 is 2.96 bits per heavy atom. The van der Waals surface area contributed by atoms with Crippen molar-refractivity contribution in [3.05, 3.63) is 46.6 Å². The predicted octanol–water partition coefficient (Wildman–Crippen LogP) is 4.17. The molecule has 1 amide bonds. The molecule has 5 nitrogen and oxygen atoms in total. The van der Waals surface area contributed by atoms with Gasteiger partial charge in [-0.25, -0.2) is 9.97 Å². The minimum Gasteiger partial charge on any atom is -0.435 e. The van der Waals surface area contributed by atoms with E-state index in [9.17, 15) is 4.79 Å². The van der Waals surface area contributed by atoms with Crippen LogP contribution in [0, 0.1) is 6.92 Å². The number of nitrogens with zero attached hydrogens (tertiary/aromatic N) is 3. The van der Waals surface area contributed by atoms with E-state index in [1.54, 1.807) is 11.3 Å². The fraction of sp³-hybridized carbons (Fsp3) is 0.421. The molecule has 6 heteroatoms. The van der Waals surface area contributed by atoms with Crippen molar-refractivity contribution in [2.24, 2.45) is 0 Å². The molecule has 3 heterocycles. The zero-order valence-corrected chi connectivity index (χ0v) is 15.3. The number of aromatic nitrogens is 2. The van der Waals surface area contributed by atoms with Gasteiger partial charge < -0.3 is 9.32 Å². The second-order valence-electron chi connectivity index (χ2n) is 6.49. The van der Waals surface area contributed by atoms with Gasteiger partial charge in [0.05, 0.1) is 20.9 Å². The highest BCUT2D eigenvalue weighted by Gasteiger charge is 2.30. The number of piperidine rings is 1. The van der Waals surface area contributed by atoms with Crippen molar-refractivity contribution in [2.75, 3.05) is 13.1 Å². The summed E-state index contributed by atoms with van der Waals surface area (Å²) in [6.45, 7) is 5.27. The standard InChI is InChI=1S/C19H21N3O2S/c1-3-16-20-12(2)17(24-16)19(23)22-10-6-7-13(11-22)18-21-14-8-4-5-9-15(14)25-18/h4-5,8-9,13H,3,6-7,10-11H2,1-2H3/t13-/m1/s1. The molecule has 0 aliphatic carbocycles. The molecule has 25 heavy (non-hydrogen) atoms. The first kappa shape index (κ1) is 16.3. The van der Waals surface area contributed by atoms with E-state index in [-0.39, 0.29) is 5.91 Å². The Morgan fingerprint density at radius 1 is 1.36 bits per heavy atom. The maximum atomic E-state index is 12.9. The number of likely N-dealkylation sites (tertiary alicyclic amines) is 1. The summed E-state index contributed by atoms with van der Waals surface area (Å²) in [7, 11) is 0. The van der Waals surface area contributed by atoms with Crippen molar-refractivity contribution < 1.29 is 9.21 Å². The van der Waals surface area contributed by atoms with Crippen LogP contribution in [0.15, 0.2) is 28.7 Å². The summed E-state index contributed by atoms with van der Waals surface area (Å²) in [6.07, 6.45) is 2.75. The molecule has 1 atom stereocenters. The maximum Gasteiger partial charge on any atom is 0.291 e. The molecule has 1 saturated heterocycles. The monoisotopic (exact) mass is 355 g/mol. The third kappa shape index (κ3) is 3.06. The number of rotatable bonds is 3. The van der Waals surface area contributed by atoms with Gasteiger partial charge in [0.25, 0.3) is 5.91 Å². The average molecular weight is 355 g/mol. The second-order valence-corrected chi connectivity index (χ2v) is 7.55. The van der Waals surface area contributed by atoms with E-state index in [2.05, 4.69) is 11.1 Å². The van der Waals surface area contributed by atoms with Crippen LogP contribution in [0.5, 0.6) is 0 Å². The lowest BCUT2D eigenvalue weighted by Gasteiger charge is -2.31. The Balaban J connectivity index is 1.55. The minimum atomic E-state index is -0.0458. The fourth-order valence-corrected chi connectivity index (χ4v) is 4.47. The first-order chi connectivity index (χ1) is 12.2. The van der Waals surface area contributed by atoms with Gasteiger partial charge in [-0.2, -0.15) is 0 Å². The minimum absolute atomic E-state index is 0.0458. The van der Waals surface area contributed by atoms with Gasteiger partial charge in [0, 0.05) is 25.4 Å². The highest BCUT2D eigenvalue weighted by atomic mass is 32.1. The van der Waals surface area contributed by atoms with Crippen LogP contribution in [0.3, 0.4) is 0 Å². The van der Waals surface area contributed by atoms with Crippen LogP contribution in [-0.2, 0) is 6.42 Å². The lowest BCUT2D eigenvalue weighted by atomic mass is 9.98. The molecular formula is C19H21N3O2S. The Bertz CT molecular complexity index is 881. The molecule has 1 aliphatic rings. The summed E-state index contributed by atoms with van der Waals surface area (Å²) < 4.78 is 6.86. The van der Waals surface area contributed by atoms with Gasteiger partial charge in [-0.1, -0.05) is 19.1 Å². The zero-order valence-electron chi connectivity index (χ0n) is 14.5. The molecule has 0 radical (unpaired) electrons. The number of fused-ring (bicyclic) bond motifs is 1. The number of amides is 1. The molecule has 0 unspecified atom stereocenters. The van der Waals surface area contributed by atoms with Crippen LogP contribution in [0.1, 0.15) is 52.8 Å². The summed E-state index contributed by atoms with van der Waals surface area (Å²) in [5.41, 5.74) is 1.73. The third-order valence-corrected chi connectivity index (χ3v) is 5.90. The molecule has 3 aromatic rings. The van der Waals surface area contributed by atoms with Gasteiger partial charge >= 0.3 is 0 Å². The van der Waals surface area contributed by atoms with Crippen LogP contribution in [-0.4, -0.2) is 33.9 Å². The maximum absolute atomic E-state index is 12.9. The van der Waals surface area contributed by atoms with E-state index in [0.29, 0.717) is 36.2 Å². The SMILES string of the molecule is CCc1nc(C)c(C(=O)N2CCC[C@@H](c3nc4ccccc4s3)C2)o1. The molecule has 1 aliphatic heterocycles. The van der Waals surface area contributed by atoms with Gasteiger partial charge in [-0.05, 0) is 31.9 Å². The van der Waals surface area contributed by atoms with Gasteiger partial charge in [0.2, 0.25) is 5.76 Å². The summed E-state index contributed by atoms with van der Waals surface area (Å²) in [6, 6.07) is 8.21. The molecule has 0 bridgehead atoms. The number of carbonyl (C=O) groups excluding carboxylic acids is 1. The number of carbonyl (C=O) groups is 1. The van der Waals surface area contributed by atoms with Crippen LogP contribution >= 0.6 is 11.3 Å². The van der Waals surface area contributed by atoms with Crippen LogP contribution in [0.2, 0.25) is 0 Å². The van der Waals surface area contributed by atoms with Gasteiger partial charge in [-0.3, -0.25) is 4.79 Å². The number of thiazole rings is 1. The van der Waals surface area contributed by atoms with Gasteiger partial charge in [-0.15, -0.1) is 11.3 Å². The molecule has 1 fully saturated rings. The Kier molecular flexibility index (Phi) is 4.29. The molecule has 130 valence electrons. The van der Waals surface area contributed by atoms with Crippen LogP contribution < -0.4 is 0 Å². The van der Waals surface area contributed by atoms with Crippen LogP contribution in [0.25, 0.3) is 10.2 Å². The Hall–Kier alpha value is -2.21. The highest BCUT2D eigenvalue weighted by Crippen LogP contribution is 2.33. The first-order valence-electron chi connectivity index (χ1n) is 8.76. The number of aryl methyl sites for hydroxylation is 2. The number of hydrogen-bond donors (Lipinski definition) is 0. The Morgan fingerprint density at radius 2 is 2.20 bits per heavy atom. The van der Waals surface area contributed by atoms with Gasteiger partial charge in [0.1, 0.15) is 0 Å². The van der Waals surface area contributed by atoms with Crippen molar-refractivity contribution in [2.45, 2.75) is 39.0 Å². The smallest absolute Gasteiger partial charge is 0.291 e. The van der Waals surface area contributed by atoms with Crippen molar-refractivity contribution in [1.29, 1.82) is 0 Å². The lowest BCUT2D eigenvalue weighted by Crippen LogP contribution is -2.39. The third-order valence-electron chi connectivity index (χ3n) is 4.71. The number of hydrogen-bond acceptors (Lipinski definition) is 5. The lowest BCUT2D eigenvalue weighted by molar-refractivity contribution is 0.0672. The Labute approximate surface area is 150 Å². The molecule has 1 aromatic carbocycles. The van der Waals surface area contributed by atoms with E-state index in [1.165, 1.54) is 4.70 Å². The number of para-hydroxylation sites is 1. The molecular weight excluding hydrogens is 334 g/mol. The van der Waals surface area contributed by atoms with E-state index in [1.807, 2.05) is 36.9 Å². The number of benzene rings is 1. The molecule has 0 spiro atoms. The summed E-state index contributed by atoms with van der Waals surface area (Å²) in [4.78, 5) is 23.9. The summed E-state index contributed by atoms with van der Waals surface area (Å²) in [5, 5.41) is 1.13. The topological polar surface area (TPSA) is 59.2 Å². The van der Waals surface area contributed by atoms with Crippen molar-refractivity contribution in [1.82, 2.24) is 14.9 Å². The molecule has 2 aromatic heterocycles. The van der Waals surface area contributed by atoms with Crippen molar-refractivity contribution in [3.63, 3.8) is 0 Å². The molecule has 0 N–H and O–H groups in total. The normalized spacial score (nSPS) is 18.0. The molecule has 4 rings (SSSR count). The van der Waals surface area contributed by atoms with E-state index >= 15 is 0 Å². The van der Waals surface area contributed by atoms with Crippen LogP contribution in [0.4, 0.5) is 0 Å².